The van der Waals surface area contributed by atoms with Gasteiger partial charge in [0.25, 0.3) is 0 Å². The molecule has 0 atom stereocenters. The number of hydrogen-bond acceptors (Lipinski definition) is 3. The lowest BCUT2D eigenvalue weighted by Gasteiger charge is -2.14. The molecule has 0 radical (unpaired) electrons. The van der Waals surface area contributed by atoms with Gasteiger partial charge < -0.3 is 10.4 Å². The van der Waals surface area contributed by atoms with Crippen molar-refractivity contribution in [3.8, 4) is 5.69 Å². The number of halogens is 2. The topological polar surface area (TPSA) is 67.2 Å². The predicted molar refractivity (Wildman–Crippen MR) is 110 cm³/mol. The number of anilines is 2. The number of carbonyl (C=O) groups is 1. The van der Waals surface area contributed by atoms with E-state index in [9.17, 15) is 9.90 Å². The zero-order chi connectivity index (χ0) is 18.1. The third-order valence-electron chi connectivity index (χ3n) is 3.68. The van der Waals surface area contributed by atoms with Gasteiger partial charge in [0.2, 0.25) is 0 Å². The van der Waals surface area contributed by atoms with Gasteiger partial charge in [-0.1, -0.05) is 0 Å². The molecule has 1 heterocycles. The van der Waals surface area contributed by atoms with Crippen LogP contribution in [0.3, 0.4) is 0 Å². The Labute approximate surface area is 167 Å². The van der Waals surface area contributed by atoms with Gasteiger partial charge in [-0.05, 0) is 94.8 Å². The molecule has 2 N–H and O–H groups in total. The van der Waals surface area contributed by atoms with Gasteiger partial charge in [0.1, 0.15) is 0 Å². The van der Waals surface area contributed by atoms with Crippen molar-refractivity contribution in [1.29, 1.82) is 0 Å². The maximum Gasteiger partial charge on any atom is 0.337 e. The summed E-state index contributed by atoms with van der Waals surface area (Å²) in [6.07, 6.45) is 0. The Kier molecular flexibility index (Phi) is 5.14. The van der Waals surface area contributed by atoms with Gasteiger partial charge in [-0.25, -0.2) is 9.48 Å². The van der Waals surface area contributed by atoms with Crippen molar-refractivity contribution in [2.75, 3.05) is 5.32 Å². The largest absolute Gasteiger partial charge is 0.478 e. The monoisotopic (exact) mass is 511 g/mol. The van der Waals surface area contributed by atoms with Gasteiger partial charge in [0.05, 0.1) is 22.6 Å². The Morgan fingerprint density at radius 3 is 2.44 bits per heavy atom. The van der Waals surface area contributed by atoms with Gasteiger partial charge in [-0.2, -0.15) is 5.10 Å². The molecular weight excluding hydrogens is 497 g/mol. The Balaban J connectivity index is 2.11. The van der Waals surface area contributed by atoms with Crippen molar-refractivity contribution < 1.29 is 9.90 Å². The molecule has 1 aromatic heterocycles. The quantitative estimate of drug-likeness (QED) is 0.466. The van der Waals surface area contributed by atoms with Crippen LogP contribution in [0.25, 0.3) is 5.69 Å². The second kappa shape index (κ2) is 7.17. The fourth-order valence-corrected chi connectivity index (χ4v) is 3.44. The molecule has 0 saturated carbocycles. The second-order valence-corrected chi connectivity index (χ2v) is 7.73. The molecule has 3 rings (SSSR count). The molecule has 0 saturated heterocycles. The minimum absolute atomic E-state index is 0.190. The van der Waals surface area contributed by atoms with Crippen LogP contribution >= 0.6 is 38.5 Å². The smallest absolute Gasteiger partial charge is 0.337 e. The molecular formula is C18H15BrIN3O2. The second-order valence-electron chi connectivity index (χ2n) is 5.63. The summed E-state index contributed by atoms with van der Waals surface area (Å²) >= 11 is 5.70. The van der Waals surface area contributed by atoms with E-state index in [1.807, 2.05) is 44.2 Å². The molecule has 3 aromatic rings. The molecule has 128 valence electrons. The summed E-state index contributed by atoms with van der Waals surface area (Å²) in [5.41, 5.74) is 4.18. The van der Waals surface area contributed by atoms with Gasteiger partial charge in [-0.15, -0.1) is 0 Å². The van der Waals surface area contributed by atoms with E-state index in [0.29, 0.717) is 10.2 Å². The molecule has 0 aliphatic heterocycles. The molecule has 0 bridgehead atoms. The van der Waals surface area contributed by atoms with Crippen LogP contribution in [0.1, 0.15) is 21.7 Å². The minimum atomic E-state index is -0.992. The summed E-state index contributed by atoms with van der Waals surface area (Å²) in [4.78, 5) is 11.7. The van der Waals surface area contributed by atoms with Crippen molar-refractivity contribution in [1.82, 2.24) is 9.78 Å². The van der Waals surface area contributed by atoms with E-state index in [1.54, 1.807) is 16.8 Å². The summed E-state index contributed by atoms with van der Waals surface area (Å²) in [5.74, 6) is -0.992. The summed E-state index contributed by atoms with van der Waals surface area (Å²) in [5, 5.41) is 17.2. The summed E-state index contributed by atoms with van der Waals surface area (Å²) in [6.45, 7) is 3.89. The number of nitrogens with zero attached hydrogens (tertiary/aromatic N) is 2. The highest BCUT2D eigenvalue weighted by molar-refractivity contribution is 14.1. The van der Waals surface area contributed by atoms with E-state index in [-0.39, 0.29) is 5.56 Å². The third-order valence-corrected chi connectivity index (χ3v) is 5.03. The molecule has 0 amide bonds. The van der Waals surface area contributed by atoms with Gasteiger partial charge in [0.15, 0.2) is 0 Å². The molecule has 0 spiro atoms. The van der Waals surface area contributed by atoms with Gasteiger partial charge >= 0.3 is 5.97 Å². The van der Waals surface area contributed by atoms with Crippen LogP contribution in [0.15, 0.2) is 46.9 Å². The standard InChI is InChI=1S/C18H15BrIN3O2/c1-10-7-11(2)23(22-10)17-9-16(14(18(24)25)8-15(17)19)21-13-5-3-12(20)4-6-13/h3-9,21H,1-2H3,(H,24,25). The van der Waals surface area contributed by atoms with Crippen molar-refractivity contribution in [2.45, 2.75) is 13.8 Å². The minimum Gasteiger partial charge on any atom is -0.478 e. The van der Waals surface area contributed by atoms with Crippen molar-refractivity contribution >= 4 is 55.9 Å². The highest BCUT2D eigenvalue weighted by Crippen LogP contribution is 2.31. The highest BCUT2D eigenvalue weighted by Gasteiger charge is 2.17. The van der Waals surface area contributed by atoms with Crippen LogP contribution in [-0.4, -0.2) is 20.9 Å². The van der Waals surface area contributed by atoms with Crippen LogP contribution < -0.4 is 5.32 Å². The van der Waals surface area contributed by atoms with E-state index in [4.69, 9.17) is 0 Å². The first-order valence-electron chi connectivity index (χ1n) is 7.48. The first kappa shape index (κ1) is 17.9. The van der Waals surface area contributed by atoms with Crippen LogP contribution in [0.4, 0.5) is 11.4 Å². The van der Waals surface area contributed by atoms with Crippen molar-refractivity contribution in [2.24, 2.45) is 0 Å². The number of nitrogens with one attached hydrogen (secondary N) is 1. The van der Waals surface area contributed by atoms with Crippen molar-refractivity contribution in [3.05, 3.63) is 67.5 Å². The van der Waals surface area contributed by atoms with E-state index in [0.717, 1.165) is 26.3 Å². The van der Waals surface area contributed by atoms with Crippen molar-refractivity contribution in [3.63, 3.8) is 0 Å². The van der Waals surface area contributed by atoms with E-state index >= 15 is 0 Å². The molecule has 5 nitrogen and oxygen atoms in total. The molecule has 0 fully saturated rings. The number of aryl methyl sites for hydroxylation is 2. The lowest BCUT2D eigenvalue weighted by molar-refractivity contribution is 0.0698. The Morgan fingerprint density at radius 1 is 1.20 bits per heavy atom. The fraction of sp³-hybridized carbons (Fsp3) is 0.111. The zero-order valence-corrected chi connectivity index (χ0v) is 17.3. The summed E-state index contributed by atoms with van der Waals surface area (Å²) in [7, 11) is 0. The number of carboxylic acids is 1. The average Bonchev–Trinajstić information content (AvgIpc) is 2.89. The van der Waals surface area contributed by atoms with E-state index < -0.39 is 5.97 Å². The van der Waals surface area contributed by atoms with Crippen LogP contribution in [0.5, 0.6) is 0 Å². The predicted octanol–water partition coefficient (Wildman–Crippen LogP) is 5.30. The number of rotatable bonds is 4. The number of carboxylic acid groups (broad SMARTS) is 1. The van der Waals surface area contributed by atoms with Crippen LogP contribution in [0.2, 0.25) is 0 Å². The maximum absolute atomic E-state index is 11.7. The van der Waals surface area contributed by atoms with E-state index in [1.165, 1.54) is 0 Å². The maximum atomic E-state index is 11.7. The molecule has 7 heteroatoms. The van der Waals surface area contributed by atoms with Gasteiger partial charge in [-0.3, -0.25) is 0 Å². The highest BCUT2D eigenvalue weighted by atomic mass is 127. The van der Waals surface area contributed by atoms with Crippen LogP contribution in [0, 0.1) is 17.4 Å². The Bertz CT molecular complexity index is 952. The Hall–Kier alpha value is -1.87. The fourth-order valence-electron chi connectivity index (χ4n) is 2.57. The molecule has 0 aliphatic rings. The molecule has 25 heavy (non-hydrogen) atoms. The summed E-state index contributed by atoms with van der Waals surface area (Å²) in [6, 6.07) is 13.1. The first-order chi connectivity index (χ1) is 11.8. The average molecular weight is 512 g/mol. The number of benzene rings is 2. The van der Waals surface area contributed by atoms with Gasteiger partial charge in [0, 0.05) is 19.4 Å². The number of aromatic nitrogens is 2. The third kappa shape index (κ3) is 3.87. The molecule has 0 aliphatic carbocycles. The SMILES string of the molecule is Cc1cc(C)n(-c2cc(Nc3ccc(I)cc3)c(C(=O)O)cc2Br)n1. The lowest BCUT2D eigenvalue weighted by Crippen LogP contribution is -2.07. The zero-order valence-electron chi connectivity index (χ0n) is 13.5. The number of aromatic carboxylic acids is 1. The molecule has 0 unspecified atom stereocenters. The molecule has 2 aromatic carbocycles. The van der Waals surface area contributed by atoms with E-state index in [2.05, 4.69) is 48.9 Å². The van der Waals surface area contributed by atoms with Crippen LogP contribution in [-0.2, 0) is 0 Å². The lowest BCUT2D eigenvalue weighted by atomic mass is 10.1. The normalized spacial score (nSPS) is 10.7. The first-order valence-corrected chi connectivity index (χ1v) is 9.35. The Morgan fingerprint density at radius 2 is 1.88 bits per heavy atom. The number of hydrogen-bond donors (Lipinski definition) is 2. The summed E-state index contributed by atoms with van der Waals surface area (Å²) < 4.78 is 3.58.